The lowest BCUT2D eigenvalue weighted by molar-refractivity contribution is 0.244. The molecule has 0 radical (unpaired) electrons. The van der Waals surface area contributed by atoms with E-state index < -0.39 is 0 Å². The van der Waals surface area contributed by atoms with Crippen molar-refractivity contribution in [3.05, 3.63) is 72.9 Å². The molecule has 0 amide bonds. The number of rotatable bonds is 6. The average molecular weight is 533 g/mol. The van der Waals surface area contributed by atoms with Crippen LogP contribution in [-0.2, 0) is 0 Å². The van der Waals surface area contributed by atoms with Crippen LogP contribution in [-0.4, -0.2) is 53.8 Å². The summed E-state index contributed by atoms with van der Waals surface area (Å²) < 4.78 is 1.72. The second-order valence-electron chi connectivity index (χ2n) is 11.5. The van der Waals surface area contributed by atoms with Gasteiger partial charge in [0.15, 0.2) is 5.82 Å². The van der Waals surface area contributed by atoms with Crippen molar-refractivity contribution in [3.63, 3.8) is 0 Å². The van der Waals surface area contributed by atoms with Gasteiger partial charge in [-0.2, -0.15) is 4.98 Å². The summed E-state index contributed by atoms with van der Waals surface area (Å²) >= 11 is 0. The summed E-state index contributed by atoms with van der Waals surface area (Å²) in [6.07, 6.45) is 10.6. The van der Waals surface area contributed by atoms with E-state index in [0.29, 0.717) is 23.5 Å². The fourth-order valence-corrected chi connectivity index (χ4v) is 5.48. The molecule has 1 aromatic carbocycles. The van der Waals surface area contributed by atoms with E-state index in [4.69, 9.17) is 15.7 Å². The first-order valence-corrected chi connectivity index (χ1v) is 13.8. The Bertz CT molecular complexity index is 1680. The number of fused-ring (bicyclic) bond motifs is 1. The minimum Gasteiger partial charge on any atom is -0.355 e. The van der Waals surface area contributed by atoms with E-state index in [1.807, 2.05) is 54.9 Å². The van der Waals surface area contributed by atoms with Crippen LogP contribution in [0.2, 0.25) is 0 Å². The fraction of sp³-hybridized carbons (Fsp3) is 0.333. The maximum atomic E-state index is 6.49. The van der Waals surface area contributed by atoms with Gasteiger partial charge < -0.3 is 16.0 Å². The summed E-state index contributed by atoms with van der Waals surface area (Å²) in [6, 6.07) is 13.9. The molecule has 4 aromatic heterocycles. The van der Waals surface area contributed by atoms with Gasteiger partial charge in [0.1, 0.15) is 18.0 Å². The summed E-state index contributed by atoms with van der Waals surface area (Å²) in [5, 5.41) is 8.89. The van der Waals surface area contributed by atoms with Gasteiger partial charge >= 0.3 is 0 Å². The minimum absolute atomic E-state index is 0.0215. The SMILES string of the molecule is CC1(C)CN(c2nc(-c3ccnc(Nc4ncn(-c5ccccc5)n4)c3)nc3cncc(C4CC4)c23)CC[C@@H]1N. The van der Waals surface area contributed by atoms with Gasteiger partial charge in [0.2, 0.25) is 5.95 Å². The topological polar surface area (TPSA) is 124 Å². The van der Waals surface area contributed by atoms with E-state index in [-0.39, 0.29) is 11.5 Å². The van der Waals surface area contributed by atoms with Gasteiger partial charge in [-0.25, -0.2) is 19.6 Å². The van der Waals surface area contributed by atoms with E-state index in [1.54, 1.807) is 17.2 Å². The van der Waals surface area contributed by atoms with Crippen LogP contribution in [0.5, 0.6) is 0 Å². The number of nitrogens with one attached hydrogen (secondary N) is 1. The number of benzene rings is 1. The lowest BCUT2D eigenvalue weighted by Gasteiger charge is -2.43. The van der Waals surface area contributed by atoms with Crippen LogP contribution in [0.15, 0.2) is 67.4 Å². The Hall–Kier alpha value is -4.44. The Balaban J connectivity index is 1.26. The largest absolute Gasteiger partial charge is 0.355 e. The molecule has 10 nitrogen and oxygen atoms in total. The lowest BCUT2D eigenvalue weighted by Crippen LogP contribution is -2.52. The van der Waals surface area contributed by atoms with Crippen molar-refractivity contribution in [2.75, 3.05) is 23.3 Å². The molecule has 5 aromatic rings. The Labute approximate surface area is 232 Å². The fourth-order valence-electron chi connectivity index (χ4n) is 5.48. The Kier molecular flexibility index (Phi) is 5.92. The standard InChI is InChI=1S/C30H32N10/c1-30(2)17-39(13-11-24(30)31)28-26-22(19-8-9-19)15-32-16-23(26)35-27(37-28)20-10-12-33-25(14-20)36-29-34-18-40(38-29)21-6-4-3-5-7-21/h3-7,10,12,14-16,18-19,24H,8-9,11,13,17,31H2,1-2H3,(H,33,36,38)/t24-/m0/s1. The molecule has 2 aliphatic rings. The highest BCUT2D eigenvalue weighted by atomic mass is 15.4. The zero-order chi connectivity index (χ0) is 27.3. The van der Waals surface area contributed by atoms with Crippen LogP contribution in [0, 0.1) is 5.41 Å². The third-order valence-electron chi connectivity index (χ3n) is 8.02. The van der Waals surface area contributed by atoms with Crippen molar-refractivity contribution in [1.82, 2.24) is 34.7 Å². The molecule has 10 heteroatoms. The summed E-state index contributed by atoms with van der Waals surface area (Å²) in [6.45, 7) is 6.18. The van der Waals surface area contributed by atoms with Gasteiger partial charge in [-0.1, -0.05) is 32.0 Å². The van der Waals surface area contributed by atoms with E-state index in [2.05, 4.69) is 44.1 Å². The molecule has 2 fully saturated rings. The predicted octanol–water partition coefficient (Wildman–Crippen LogP) is 4.85. The van der Waals surface area contributed by atoms with Crippen LogP contribution in [0.3, 0.4) is 0 Å². The molecule has 1 aliphatic heterocycles. The summed E-state index contributed by atoms with van der Waals surface area (Å²) in [7, 11) is 0. The van der Waals surface area contributed by atoms with Crippen LogP contribution >= 0.6 is 0 Å². The molecule has 40 heavy (non-hydrogen) atoms. The maximum absolute atomic E-state index is 6.49. The molecule has 1 atom stereocenters. The molecule has 7 rings (SSSR count). The molecule has 202 valence electrons. The van der Waals surface area contributed by atoms with Crippen molar-refractivity contribution < 1.29 is 0 Å². The monoisotopic (exact) mass is 532 g/mol. The highest BCUT2D eigenvalue weighted by Crippen LogP contribution is 2.45. The number of para-hydroxylation sites is 1. The third-order valence-corrected chi connectivity index (χ3v) is 8.02. The first-order chi connectivity index (χ1) is 19.4. The van der Waals surface area contributed by atoms with Crippen molar-refractivity contribution >= 4 is 28.5 Å². The van der Waals surface area contributed by atoms with Crippen molar-refractivity contribution in [3.8, 4) is 17.1 Å². The van der Waals surface area contributed by atoms with Crippen LogP contribution < -0.4 is 16.0 Å². The van der Waals surface area contributed by atoms with Crippen molar-refractivity contribution in [2.45, 2.75) is 45.1 Å². The first-order valence-electron chi connectivity index (χ1n) is 13.8. The number of nitrogens with two attached hydrogens (primary N) is 1. The zero-order valence-electron chi connectivity index (χ0n) is 22.7. The molecular weight excluding hydrogens is 500 g/mol. The van der Waals surface area contributed by atoms with Crippen LogP contribution in [0.25, 0.3) is 28.0 Å². The predicted molar refractivity (Wildman–Crippen MR) is 156 cm³/mol. The summed E-state index contributed by atoms with van der Waals surface area (Å²) in [5.41, 5.74) is 10.4. The minimum atomic E-state index is -0.0215. The van der Waals surface area contributed by atoms with E-state index in [1.165, 1.54) is 18.4 Å². The molecular formula is C30H32N10. The number of pyridine rings is 2. The molecule has 0 bridgehead atoms. The molecule has 0 unspecified atom stereocenters. The Morgan fingerprint density at radius 3 is 2.65 bits per heavy atom. The quantitative estimate of drug-likeness (QED) is 0.316. The summed E-state index contributed by atoms with van der Waals surface area (Å²) in [4.78, 5) is 26.1. The third kappa shape index (κ3) is 4.64. The van der Waals surface area contributed by atoms with E-state index in [0.717, 1.165) is 47.5 Å². The molecule has 3 N–H and O–H groups in total. The smallest absolute Gasteiger partial charge is 0.248 e. The Morgan fingerprint density at radius 2 is 1.85 bits per heavy atom. The number of aromatic nitrogens is 7. The van der Waals surface area contributed by atoms with E-state index >= 15 is 0 Å². The number of anilines is 3. The first kappa shape index (κ1) is 24.6. The van der Waals surface area contributed by atoms with E-state index in [9.17, 15) is 0 Å². The van der Waals surface area contributed by atoms with Gasteiger partial charge in [-0.15, -0.1) is 5.10 Å². The number of nitrogens with zero attached hydrogens (tertiary/aromatic N) is 8. The van der Waals surface area contributed by atoms with Gasteiger partial charge in [-0.05, 0) is 60.4 Å². The van der Waals surface area contributed by atoms with Crippen LogP contribution in [0.1, 0.15) is 44.6 Å². The second-order valence-corrected chi connectivity index (χ2v) is 11.5. The van der Waals surface area contributed by atoms with Gasteiger partial charge in [0.25, 0.3) is 0 Å². The molecule has 1 aliphatic carbocycles. The van der Waals surface area contributed by atoms with Gasteiger partial charge in [0.05, 0.1) is 17.4 Å². The lowest BCUT2D eigenvalue weighted by atomic mass is 9.79. The van der Waals surface area contributed by atoms with Crippen LogP contribution in [0.4, 0.5) is 17.6 Å². The molecule has 0 spiro atoms. The summed E-state index contributed by atoms with van der Waals surface area (Å²) in [5.74, 6) is 3.21. The Morgan fingerprint density at radius 1 is 1.00 bits per heavy atom. The highest BCUT2D eigenvalue weighted by molar-refractivity contribution is 5.94. The molecule has 1 saturated carbocycles. The number of hydrogen-bond donors (Lipinski definition) is 2. The van der Waals surface area contributed by atoms with Gasteiger partial charge in [0, 0.05) is 42.5 Å². The van der Waals surface area contributed by atoms with Crippen molar-refractivity contribution in [1.29, 1.82) is 0 Å². The number of piperidine rings is 1. The van der Waals surface area contributed by atoms with Crippen molar-refractivity contribution in [2.24, 2.45) is 11.1 Å². The van der Waals surface area contributed by atoms with Gasteiger partial charge in [-0.3, -0.25) is 4.98 Å². The maximum Gasteiger partial charge on any atom is 0.248 e. The zero-order valence-corrected chi connectivity index (χ0v) is 22.7. The highest BCUT2D eigenvalue weighted by Gasteiger charge is 2.36. The molecule has 1 saturated heterocycles. The second kappa shape index (κ2) is 9.63. The average Bonchev–Trinajstić information content (AvgIpc) is 3.72. The number of hydrogen-bond acceptors (Lipinski definition) is 9. The molecule has 5 heterocycles. The normalized spacial score (nSPS) is 18.7.